The van der Waals surface area contributed by atoms with Crippen molar-refractivity contribution in [2.24, 2.45) is 0 Å². The smallest absolute Gasteiger partial charge is 0.245 e. The largest absolute Gasteiger partial charge is 0.373 e. The number of rotatable bonds is 7. The molecule has 11 heteroatoms. The van der Waals surface area contributed by atoms with Gasteiger partial charge in [-0.15, -0.1) is 0 Å². The number of nitrogen functional groups attached to an aromatic ring is 1. The second-order valence-corrected chi connectivity index (χ2v) is 6.76. The van der Waals surface area contributed by atoms with Crippen molar-refractivity contribution in [3.63, 3.8) is 0 Å². The van der Waals surface area contributed by atoms with Crippen LogP contribution in [-0.2, 0) is 0 Å². The fraction of sp³-hybridized carbons (Fsp3) is 0.211. The van der Waals surface area contributed by atoms with E-state index in [1.807, 2.05) is 0 Å². The van der Waals surface area contributed by atoms with Crippen molar-refractivity contribution in [2.75, 3.05) is 28.7 Å². The minimum absolute atomic E-state index is 0.0255. The number of hydrogen-bond donors (Lipinski definition) is 4. The highest BCUT2D eigenvalue weighted by Crippen LogP contribution is 2.36. The summed E-state index contributed by atoms with van der Waals surface area (Å²) in [4.78, 5) is 11.8. The van der Waals surface area contributed by atoms with Crippen LogP contribution >= 0.6 is 11.6 Å². The highest BCUT2D eigenvalue weighted by molar-refractivity contribution is 6.29. The number of nitrogens with one attached hydrogen (secondary N) is 3. The maximum absolute atomic E-state index is 14.7. The summed E-state index contributed by atoms with van der Waals surface area (Å²) in [7, 11) is 1.58. The molecule has 0 fully saturated rings. The van der Waals surface area contributed by atoms with Crippen molar-refractivity contribution in [1.82, 2.24) is 15.0 Å². The lowest BCUT2D eigenvalue weighted by molar-refractivity contribution is 0.121. The SMILES string of the molecule is CNc1nccc(Nc2ccc(Nc3cc(Cl)nc(N)n3)cc2F)c1C(C)C(F)F. The summed E-state index contributed by atoms with van der Waals surface area (Å²) in [6, 6.07) is 7.25. The molecule has 30 heavy (non-hydrogen) atoms. The van der Waals surface area contributed by atoms with Gasteiger partial charge in [0.15, 0.2) is 0 Å². The number of benzene rings is 1. The van der Waals surface area contributed by atoms with Gasteiger partial charge in [0.2, 0.25) is 12.4 Å². The molecule has 0 bridgehead atoms. The molecule has 0 spiro atoms. The van der Waals surface area contributed by atoms with Crippen molar-refractivity contribution in [3.05, 3.63) is 53.1 Å². The third-order valence-corrected chi connectivity index (χ3v) is 4.48. The molecule has 0 saturated heterocycles. The first-order chi connectivity index (χ1) is 14.3. The Bertz CT molecular complexity index is 1030. The van der Waals surface area contributed by atoms with E-state index < -0.39 is 18.2 Å². The van der Waals surface area contributed by atoms with Crippen molar-refractivity contribution < 1.29 is 13.2 Å². The number of nitrogens with two attached hydrogens (primary N) is 1. The van der Waals surface area contributed by atoms with E-state index in [4.69, 9.17) is 17.3 Å². The molecule has 0 aliphatic rings. The van der Waals surface area contributed by atoms with Gasteiger partial charge in [0.25, 0.3) is 0 Å². The molecule has 3 rings (SSSR count). The van der Waals surface area contributed by atoms with E-state index in [1.165, 1.54) is 37.4 Å². The van der Waals surface area contributed by atoms with Crippen molar-refractivity contribution in [3.8, 4) is 0 Å². The van der Waals surface area contributed by atoms with Gasteiger partial charge in [0.05, 0.1) is 5.69 Å². The minimum Gasteiger partial charge on any atom is -0.373 e. The summed E-state index contributed by atoms with van der Waals surface area (Å²) in [6.45, 7) is 1.38. The first-order valence-electron chi connectivity index (χ1n) is 8.87. The van der Waals surface area contributed by atoms with Crippen molar-refractivity contribution in [2.45, 2.75) is 19.3 Å². The summed E-state index contributed by atoms with van der Waals surface area (Å²) >= 11 is 5.83. The average Bonchev–Trinajstić information content (AvgIpc) is 2.68. The average molecular weight is 438 g/mol. The summed E-state index contributed by atoms with van der Waals surface area (Å²) in [6.07, 6.45) is -1.15. The highest BCUT2D eigenvalue weighted by Gasteiger charge is 2.24. The number of hydrogen-bond acceptors (Lipinski definition) is 7. The topological polar surface area (TPSA) is 101 Å². The number of pyridine rings is 1. The van der Waals surface area contributed by atoms with E-state index in [1.54, 1.807) is 13.1 Å². The first-order valence-corrected chi connectivity index (χ1v) is 9.24. The second kappa shape index (κ2) is 9.04. The fourth-order valence-electron chi connectivity index (χ4n) is 2.85. The van der Waals surface area contributed by atoms with Crippen LogP contribution in [0.1, 0.15) is 18.4 Å². The van der Waals surface area contributed by atoms with E-state index in [0.717, 1.165) is 0 Å². The van der Waals surface area contributed by atoms with Gasteiger partial charge in [-0.2, -0.15) is 4.98 Å². The lowest BCUT2D eigenvalue weighted by atomic mass is 10.00. The number of anilines is 6. The molecule has 2 aromatic heterocycles. The molecule has 0 saturated carbocycles. The minimum atomic E-state index is -2.61. The van der Waals surface area contributed by atoms with Crippen LogP contribution in [0, 0.1) is 5.82 Å². The lowest BCUT2D eigenvalue weighted by Gasteiger charge is -2.20. The molecular formula is C19H19ClF3N7. The van der Waals surface area contributed by atoms with E-state index >= 15 is 0 Å². The van der Waals surface area contributed by atoms with Crippen LogP contribution < -0.4 is 21.7 Å². The predicted octanol–water partition coefficient (Wildman–Crippen LogP) is 5.14. The molecule has 0 aliphatic carbocycles. The van der Waals surface area contributed by atoms with Gasteiger partial charge in [-0.1, -0.05) is 18.5 Å². The van der Waals surface area contributed by atoms with E-state index in [9.17, 15) is 13.2 Å². The summed E-state index contributed by atoms with van der Waals surface area (Å²) in [5.41, 5.74) is 6.64. The Morgan fingerprint density at radius 1 is 1.07 bits per heavy atom. The van der Waals surface area contributed by atoms with Crippen LogP contribution in [0.5, 0.6) is 0 Å². The van der Waals surface area contributed by atoms with Crippen LogP contribution in [0.3, 0.4) is 0 Å². The number of halogens is 4. The molecule has 1 atom stereocenters. The molecule has 1 aromatic carbocycles. The van der Waals surface area contributed by atoms with Crippen LogP contribution in [0.4, 0.5) is 47.8 Å². The highest BCUT2D eigenvalue weighted by atomic mass is 35.5. The van der Waals surface area contributed by atoms with Gasteiger partial charge >= 0.3 is 0 Å². The Morgan fingerprint density at radius 3 is 2.47 bits per heavy atom. The van der Waals surface area contributed by atoms with Gasteiger partial charge in [-0.05, 0) is 24.3 Å². The third-order valence-electron chi connectivity index (χ3n) is 4.28. The molecule has 2 heterocycles. The quantitative estimate of drug-likeness (QED) is 0.379. The van der Waals surface area contributed by atoms with Crippen LogP contribution in [0.25, 0.3) is 0 Å². The zero-order chi connectivity index (χ0) is 21.8. The summed E-state index contributed by atoms with van der Waals surface area (Å²) in [5, 5.41) is 8.69. The van der Waals surface area contributed by atoms with Gasteiger partial charge in [0.1, 0.15) is 22.6 Å². The number of nitrogens with zero attached hydrogens (tertiary/aromatic N) is 3. The maximum Gasteiger partial charge on any atom is 0.245 e. The Hall–Kier alpha value is -3.27. The van der Waals surface area contributed by atoms with Gasteiger partial charge in [0, 0.05) is 42.2 Å². The number of alkyl halides is 2. The van der Waals surface area contributed by atoms with Crippen molar-refractivity contribution >= 4 is 46.2 Å². The predicted molar refractivity (Wildman–Crippen MR) is 113 cm³/mol. The van der Waals surface area contributed by atoms with Crippen molar-refractivity contribution in [1.29, 1.82) is 0 Å². The van der Waals surface area contributed by atoms with E-state index in [-0.39, 0.29) is 22.4 Å². The molecule has 158 valence electrons. The Labute approximate surface area is 175 Å². The molecule has 0 aliphatic heterocycles. The Balaban J connectivity index is 1.88. The Morgan fingerprint density at radius 2 is 1.83 bits per heavy atom. The molecule has 1 unspecified atom stereocenters. The van der Waals surface area contributed by atoms with Crippen LogP contribution in [-0.4, -0.2) is 28.4 Å². The normalized spacial score (nSPS) is 12.0. The third kappa shape index (κ3) is 4.82. The monoisotopic (exact) mass is 437 g/mol. The van der Waals surface area contributed by atoms with E-state index in [2.05, 4.69) is 30.9 Å². The first kappa shape index (κ1) is 21.4. The zero-order valence-corrected chi connectivity index (χ0v) is 16.8. The molecule has 7 nitrogen and oxygen atoms in total. The molecule has 3 aromatic rings. The Kier molecular flexibility index (Phi) is 6.46. The summed E-state index contributed by atoms with van der Waals surface area (Å²) in [5.74, 6) is -1.15. The zero-order valence-electron chi connectivity index (χ0n) is 16.0. The number of aromatic nitrogens is 3. The summed E-state index contributed by atoms with van der Waals surface area (Å²) < 4.78 is 41.4. The standard InChI is InChI=1S/C19H19ClF3N7/c1-9(17(22)23)16-13(5-6-26-18(16)25-2)28-12-4-3-10(7-11(12)21)27-15-8-14(20)29-19(24)30-15/h3-9,17H,1-2H3,(H2,25,26,28)(H3,24,27,29,30). The van der Waals surface area contributed by atoms with E-state index in [0.29, 0.717) is 23.0 Å². The second-order valence-electron chi connectivity index (χ2n) is 6.37. The molecule has 0 radical (unpaired) electrons. The fourth-order valence-corrected chi connectivity index (χ4v) is 3.04. The molecule has 5 N–H and O–H groups in total. The van der Waals surface area contributed by atoms with Gasteiger partial charge < -0.3 is 21.7 Å². The molecular weight excluding hydrogens is 419 g/mol. The van der Waals surface area contributed by atoms with Gasteiger partial charge in [-0.3, -0.25) is 0 Å². The maximum atomic E-state index is 14.7. The van der Waals surface area contributed by atoms with Crippen LogP contribution in [0.2, 0.25) is 5.15 Å². The van der Waals surface area contributed by atoms with Gasteiger partial charge in [-0.25, -0.2) is 23.1 Å². The van der Waals surface area contributed by atoms with Crippen LogP contribution in [0.15, 0.2) is 36.5 Å². The lowest BCUT2D eigenvalue weighted by Crippen LogP contribution is -2.12. The molecule has 0 amide bonds.